The average Bonchev–Trinajstić information content (AvgIpc) is 2.69. The summed E-state index contributed by atoms with van der Waals surface area (Å²) < 4.78 is 10.8. The van der Waals surface area contributed by atoms with E-state index >= 15 is 0 Å². The molecular weight excluding hydrogens is 342 g/mol. The van der Waals surface area contributed by atoms with E-state index in [1.807, 2.05) is 68.4 Å². The number of para-hydroxylation sites is 2. The summed E-state index contributed by atoms with van der Waals surface area (Å²) in [6, 6.07) is 16.7. The van der Waals surface area contributed by atoms with Gasteiger partial charge in [0.05, 0.1) is 6.61 Å². The molecule has 2 rings (SSSR count). The Hall–Kier alpha value is -3.08. The number of hydrogen-bond donors (Lipinski definition) is 0. The van der Waals surface area contributed by atoms with E-state index in [1.165, 1.54) is 6.08 Å². The predicted octanol–water partition coefficient (Wildman–Crippen LogP) is 4.08. The zero-order valence-corrected chi connectivity index (χ0v) is 15.9. The van der Waals surface area contributed by atoms with Crippen molar-refractivity contribution in [3.05, 3.63) is 66.2 Å². The molecule has 0 aliphatic heterocycles. The molecule has 2 aromatic rings. The van der Waals surface area contributed by atoms with Gasteiger partial charge in [-0.1, -0.05) is 36.4 Å². The molecule has 0 bridgehead atoms. The first-order valence-corrected chi connectivity index (χ1v) is 9.03. The van der Waals surface area contributed by atoms with Crippen molar-refractivity contribution in [1.29, 1.82) is 0 Å². The first-order chi connectivity index (χ1) is 13.1. The summed E-state index contributed by atoms with van der Waals surface area (Å²) in [4.78, 5) is 26.3. The Kier molecular flexibility index (Phi) is 7.62. The number of hydrogen-bond acceptors (Lipinski definition) is 4. The fraction of sp³-hybridized carbons (Fsp3) is 0.273. The van der Waals surface area contributed by atoms with Gasteiger partial charge in [0.25, 0.3) is 5.91 Å². The number of ether oxygens (including phenoxy) is 2. The predicted molar refractivity (Wildman–Crippen MR) is 107 cm³/mol. The Labute approximate surface area is 160 Å². The molecule has 0 heterocycles. The van der Waals surface area contributed by atoms with Gasteiger partial charge in [0.2, 0.25) is 0 Å². The Balaban J connectivity index is 2.01. The Morgan fingerprint density at radius 2 is 1.70 bits per heavy atom. The third kappa shape index (κ3) is 5.71. The van der Waals surface area contributed by atoms with Crippen molar-refractivity contribution in [3.63, 3.8) is 0 Å². The number of amides is 1. The van der Waals surface area contributed by atoms with Crippen molar-refractivity contribution in [3.8, 4) is 5.75 Å². The number of likely N-dealkylation sites (N-methyl/N-ethyl adjacent to an activating group) is 1. The van der Waals surface area contributed by atoms with Gasteiger partial charge in [0.1, 0.15) is 5.75 Å². The molecule has 1 amide bonds. The summed E-state index contributed by atoms with van der Waals surface area (Å²) in [5, 5.41) is 0. The molecule has 0 aliphatic rings. The van der Waals surface area contributed by atoms with Crippen LogP contribution in [0.2, 0.25) is 0 Å². The fourth-order valence-corrected chi connectivity index (χ4v) is 2.62. The molecule has 142 valence electrons. The molecule has 0 aliphatic carbocycles. The Morgan fingerprint density at radius 3 is 2.37 bits per heavy atom. The second-order valence-corrected chi connectivity index (χ2v) is 5.80. The molecule has 27 heavy (non-hydrogen) atoms. The number of carbonyl (C=O) groups excluding carboxylic acids is 2. The molecule has 0 fully saturated rings. The maximum Gasteiger partial charge on any atom is 0.331 e. The molecule has 1 atom stereocenters. The highest BCUT2D eigenvalue weighted by Gasteiger charge is 2.23. The van der Waals surface area contributed by atoms with Gasteiger partial charge in [-0.25, -0.2) is 4.79 Å². The summed E-state index contributed by atoms with van der Waals surface area (Å²) >= 11 is 0. The van der Waals surface area contributed by atoms with Crippen molar-refractivity contribution in [2.45, 2.75) is 26.9 Å². The van der Waals surface area contributed by atoms with E-state index in [1.54, 1.807) is 17.9 Å². The van der Waals surface area contributed by atoms with Gasteiger partial charge >= 0.3 is 5.97 Å². The van der Waals surface area contributed by atoms with Gasteiger partial charge in [-0.05, 0) is 45.0 Å². The molecule has 0 spiro atoms. The molecule has 5 heteroatoms. The summed E-state index contributed by atoms with van der Waals surface area (Å²) in [5.74, 6) is -0.152. The lowest BCUT2D eigenvalue weighted by molar-refractivity contribution is -0.149. The first kappa shape index (κ1) is 20.2. The zero-order valence-electron chi connectivity index (χ0n) is 15.9. The average molecular weight is 367 g/mol. The van der Waals surface area contributed by atoms with E-state index in [0.717, 1.165) is 11.3 Å². The van der Waals surface area contributed by atoms with Gasteiger partial charge < -0.3 is 14.4 Å². The highest BCUT2D eigenvalue weighted by Crippen LogP contribution is 2.19. The van der Waals surface area contributed by atoms with E-state index in [2.05, 4.69) is 0 Å². The first-order valence-electron chi connectivity index (χ1n) is 9.03. The zero-order chi connectivity index (χ0) is 19.6. The quantitative estimate of drug-likeness (QED) is 0.521. The SMILES string of the molecule is CCOc1ccccc1/C=C/C(=O)O[C@H](C)C(=O)N(CC)c1ccccc1. The van der Waals surface area contributed by atoms with Crippen LogP contribution in [0.15, 0.2) is 60.7 Å². The molecule has 0 aromatic heterocycles. The molecule has 0 saturated heterocycles. The lowest BCUT2D eigenvalue weighted by Gasteiger charge is -2.24. The minimum atomic E-state index is -0.885. The maximum absolute atomic E-state index is 12.6. The second-order valence-electron chi connectivity index (χ2n) is 5.80. The van der Waals surface area contributed by atoms with Crippen molar-refractivity contribution in [2.75, 3.05) is 18.1 Å². The van der Waals surface area contributed by atoms with Crippen molar-refractivity contribution in [1.82, 2.24) is 0 Å². The van der Waals surface area contributed by atoms with Gasteiger partial charge in [0.15, 0.2) is 6.10 Å². The Bertz CT molecular complexity index is 786. The van der Waals surface area contributed by atoms with Crippen LogP contribution in [0.1, 0.15) is 26.3 Å². The highest BCUT2D eigenvalue weighted by molar-refractivity contribution is 5.98. The number of benzene rings is 2. The summed E-state index contributed by atoms with van der Waals surface area (Å²) in [6.45, 7) is 6.38. The van der Waals surface area contributed by atoms with Crippen LogP contribution in [0.4, 0.5) is 5.69 Å². The molecular formula is C22H25NO4. The van der Waals surface area contributed by atoms with Gasteiger partial charge in [-0.15, -0.1) is 0 Å². The van der Waals surface area contributed by atoms with Gasteiger partial charge in [-0.3, -0.25) is 4.79 Å². The largest absolute Gasteiger partial charge is 0.493 e. The molecule has 5 nitrogen and oxygen atoms in total. The minimum absolute atomic E-state index is 0.264. The van der Waals surface area contributed by atoms with E-state index in [4.69, 9.17) is 9.47 Å². The van der Waals surface area contributed by atoms with Crippen LogP contribution in [0.3, 0.4) is 0 Å². The lowest BCUT2D eigenvalue weighted by atomic mass is 10.2. The summed E-state index contributed by atoms with van der Waals surface area (Å²) in [7, 11) is 0. The molecule has 0 saturated carbocycles. The Morgan fingerprint density at radius 1 is 1.04 bits per heavy atom. The fourth-order valence-electron chi connectivity index (χ4n) is 2.62. The van der Waals surface area contributed by atoms with Crippen LogP contribution in [0.5, 0.6) is 5.75 Å². The molecule has 2 aromatic carbocycles. The van der Waals surface area contributed by atoms with Crippen molar-refractivity contribution in [2.24, 2.45) is 0 Å². The normalized spacial score (nSPS) is 11.8. The lowest BCUT2D eigenvalue weighted by Crippen LogP contribution is -2.39. The van der Waals surface area contributed by atoms with Crippen molar-refractivity contribution >= 4 is 23.6 Å². The second kappa shape index (κ2) is 10.2. The summed E-state index contributed by atoms with van der Waals surface area (Å²) in [6.07, 6.45) is 2.05. The standard InChI is InChI=1S/C22H25NO4/c1-4-23(19-12-7-6-8-13-19)22(25)17(3)27-21(24)16-15-18-11-9-10-14-20(18)26-5-2/h6-17H,4-5H2,1-3H3/b16-15+/t17-/m1/s1. The van der Waals surface area contributed by atoms with Crippen LogP contribution in [0, 0.1) is 0 Å². The van der Waals surface area contributed by atoms with Gasteiger partial charge in [0, 0.05) is 23.9 Å². The van der Waals surface area contributed by atoms with E-state index in [-0.39, 0.29) is 5.91 Å². The molecule has 0 radical (unpaired) electrons. The third-order valence-electron chi connectivity index (χ3n) is 3.91. The summed E-state index contributed by atoms with van der Waals surface area (Å²) in [5.41, 5.74) is 1.55. The number of nitrogens with zero attached hydrogens (tertiary/aromatic N) is 1. The van der Waals surface area contributed by atoms with Crippen molar-refractivity contribution < 1.29 is 19.1 Å². The monoisotopic (exact) mass is 367 g/mol. The molecule has 0 unspecified atom stereocenters. The maximum atomic E-state index is 12.6. The van der Waals surface area contributed by atoms with Crippen LogP contribution >= 0.6 is 0 Å². The van der Waals surface area contributed by atoms with Crippen LogP contribution in [-0.2, 0) is 14.3 Å². The number of carbonyl (C=O) groups is 2. The highest BCUT2D eigenvalue weighted by atomic mass is 16.5. The van der Waals surface area contributed by atoms with E-state index in [9.17, 15) is 9.59 Å². The van der Waals surface area contributed by atoms with Crippen LogP contribution < -0.4 is 9.64 Å². The third-order valence-corrected chi connectivity index (χ3v) is 3.91. The molecule has 0 N–H and O–H groups in total. The van der Waals surface area contributed by atoms with Gasteiger partial charge in [-0.2, -0.15) is 0 Å². The smallest absolute Gasteiger partial charge is 0.331 e. The van der Waals surface area contributed by atoms with Crippen LogP contribution in [0.25, 0.3) is 6.08 Å². The topological polar surface area (TPSA) is 55.8 Å². The number of anilines is 1. The minimum Gasteiger partial charge on any atom is -0.493 e. The number of esters is 1. The van der Waals surface area contributed by atoms with E-state index in [0.29, 0.717) is 18.9 Å². The number of rotatable bonds is 8. The van der Waals surface area contributed by atoms with E-state index < -0.39 is 12.1 Å². The van der Waals surface area contributed by atoms with Crippen LogP contribution in [-0.4, -0.2) is 31.1 Å².